The van der Waals surface area contributed by atoms with Crippen molar-refractivity contribution < 1.29 is 6.16 Å². The lowest BCUT2D eigenvalue weighted by Gasteiger charge is -1.98. The van der Waals surface area contributed by atoms with Crippen LogP contribution in [-0.2, 0) is 0 Å². The molecule has 3 nitrogen and oxygen atoms in total. The summed E-state index contributed by atoms with van der Waals surface area (Å²) in [6.45, 7) is 4.00. The Kier molecular flexibility index (Phi) is 4.90. The van der Waals surface area contributed by atoms with Crippen LogP contribution in [0.3, 0.4) is 0 Å². The van der Waals surface area contributed by atoms with Crippen molar-refractivity contribution in [2.24, 2.45) is 0 Å². The predicted octanol–water partition coefficient (Wildman–Crippen LogP) is 1.94. The SMILES string of the molecule is CC.COc1ncccc1N.[HH]. The fraction of sp³-hybridized carbons (Fsp3) is 0.375. The first-order chi connectivity index (χ1) is 5.34. The number of hydrogen-bond donors (Lipinski definition) is 1. The zero-order valence-electron chi connectivity index (χ0n) is 7.16. The quantitative estimate of drug-likeness (QED) is 0.676. The van der Waals surface area contributed by atoms with Crippen molar-refractivity contribution in [1.82, 2.24) is 4.98 Å². The lowest BCUT2D eigenvalue weighted by molar-refractivity contribution is 0.400. The third-order valence-corrected chi connectivity index (χ3v) is 0.994. The molecule has 1 aromatic rings. The van der Waals surface area contributed by atoms with Gasteiger partial charge in [-0.3, -0.25) is 0 Å². The average Bonchev–Trinajstić information content (AvgIpc) is 2.09. The second-order valence-corrected chi connectivity index (χ2v) is 1.60. The van der Waals surface area contributed by atoms with Crippen molar-refractivity contribution in [3.05, 3.63) is 18.3 Å². The summed E-state index contributed by atoms with van der Waals surface area (Å²) in [5.74, 6) is 0.484. The fourth-order valence-corrected chi connectivity index (χ4v) is 0.574. The number of nitrogen functional groups attached to an aromatic ring is 1. The van der Waals surface area contributed by atoms with Gasteiger partial charge >= 0.3 is 0 Å². The Hall–Kier alpha value is -1.25. The van der Waals surface area contributed by atoms with Gasteiger partial charge in [-0.2, -0.15) is 0 Å². The molecule has 1 aromatic heterocycles. The third-order valence-electron chi connectivity index (χ3n) is 0.994. The molecular weight excluding hydrogens is 140 g/mol. The summed E-state index contributed by atoms with van der Waals surface area (Å²) in [5, 5.41) is 0. The molecule has 0 spiro atoms. The van der Waals surface area contributed by atoms with Gasteiger partial charge in [0.1, 0.15) is 0 Å². The molecule has 0 radical (unpaired) electrons. The maximum absolute atomic E-state index is 5.44. The Labute approximate surface area is 68.7 Å². The molecule has 1 heterocycles. The zero-order valence-corrected chi connectivity index (χ0v) is 7.16. The molecule has 0 aliphatic rings. The average molecular weight is 156 g/mol. The fourth-order valence-electron chi connectivity index (χ4n) is 0.574. The summed E-state index contributed by atoms with van der Waals surface area (Å²) in [6.07, 6.45) is 1.63. The highest BCUT2D eigenvalue weighted by Crippen LogP contribution is 2.13. The highest BCUT2D eigenvalue weighted by Gasteiger charge is 1.93. The molecule has 0 aliphatic heterocycles. The van der Waals surface area contributed by atoms with Crippen molar-refractivity contribution in [1.29, 1.82) is 0 Å². The van der Waals surface area contributed by atoms with Crippen LogP contribution in [0.4, 0.5) is 5.69 Å². The van der Waals surface area contributed by atoms with Gasteiger partial charge in [0.15, 0.2) is 0 Å². The van der Waals surface area contributed by atoms with Crippen LogP contribution >= 0.6 is 0 Å². The molecule has 0 aromatic carbocycles. The van der Waals surface area contributed by atoms with Gasteiger partial charge in [0.05, 0.1) is 12.8 Å². The number of pyridine rings is 1. The van der Waals surface area contributed by atoms with E-state index < -0.39 is 0 Å². The number of rotatable bonds is 1. The zero-order chi connectivity index (χ0) is 8.69. The number of anilines is 1. The Morgan fingerprint density at radius 3 is 2.55 bits per heavy atom. The summed E-state index contributed by atoms with van der Waals surface area (Å²) in [7, 11) is 1.54. The molecule has 11 heavy (non-hydrogen) atoms. The Morgan fingerprint density at radius 2 is 2.18 bits per heavy atom. The second kappa shape index (κ2) is 5.53. The highest BCUT2D eigenvalue weighted by molar-refractivity contribution is 5.46. The minimum Gasteiger partial charge on any atom is -0.480 e. The van der Waals surface area contributed by atoms with E-state index >= 15 is 0 Å². The van der Waals surface area contributed by atoms with Gasteiger partial charge in [-0.1, -0.05) is 13.8 Å². The van der Waals surface area contributed by atoms with Gasteiger partial charge in [0, 0.05) is 7.62 Å². The number of ether oxygens (including phenoxy) is 1. The monoisotopic (exact) mass is 156 g/mol. The highest BCUT2D eigenvalue weighted by atomic mass is 16.5. The van der Waals surface area contributed by atoms with Crippen LogP contribution in [0.15, 0.2) is 18.3 Å². The van der Waals surface area contributed by atoms with E-state index in [0.29, 0.717) is 11.6 Å². The summed E-state index contributed by atoms with van der Waals surface area (Å²) in [6, 6.07) is 3.50. The van der Waals surface area contributed by atoms with Crippen LogP contribution in [0.2, 0.25) is 0 Å². The normalized spacial score (nSPS) is 7.91. The molecule has 2 N–H and O–H groups in total. The molecule has 64 valence electrons. The number of methoxy groups -OCH3 is 1. The Morgan fingerprint density at radius 1 is 1.55 bits per heavy atom. The van der Waals surface area contributed by atoms with E-state index in [1.807, 2.05) is 13.8 Å². The smallest absolute Gasteiger partial charge is 0.236 e. The van der Waals surface area contributed by atoms with Gasteiger partial charge in [0.2, 0.25) is 5.88 Å². The molecule has 0 amide bonds. The van der Waals surface area contributed by atoms with Crippen molar-refractivity contribution in [3.63, 3.8) is 0 Å². The molecule has 0 atom stereocenters. The molecule has 0 fully saturated rings. The van der Waals surface area contributed by atoms with Gasteiger partial charge in [-0.25, -0.2) is 4.98 Å². The van der Waals surface area contributed by atoms with Crippen LogP contribution < -0.4 is 10.5 Å². The number of hydrogen-bond acceptors (Lipinski definition) is 3. The number of nitrogens with two attached hydrogens (primary N) is 1. The van der Waals surface area contributed by atoms with Gasteiger partial charge in [-0.15, -0.1) is 0 Å². The van der Waals surface area contributed by atoms with E-state index in [4.69, 9.17) is 10.5 Å². The van der Waals surface area contributed by atoms with Crippen molar-refractivity contribution >= 4 is 5.69 Å². The lowest BCUT2D eigenvalue weighted by Crippen LogP contribution is -1.93. The standard InChI is InChI=1S/C6H8N2O.C2H6.H2/c1-9-6-5(7)3-2-4-8-6;1-2;/h2-4H,7H2,1H3;1-2H3;1H. The molecule has 1 rings (SSSR count). The summed E-state index contributed by atoms with van der Waals surface area (Å²) in [5.41, 5.74) is 6.01. The first-order valence-corrected chi connectivity index (χ1v) is 3.59. The van der Waals surface area contributed by atoms with Gasteiger partial charge in [0.25, 0.3) is 0 Å². The topological polar surface area (TPSA) is 48.1 Å². The summed E-state index contributed by atoms with van der Waals surface area (Å²) >= 11 is 0. The van der Waals surface area contributed by atoms with E-state index in [1.54, 1.807) is 25.4 Å². The van der Waals surface area contributed by atoms with Crippen LogP contribution in [0, 0.1) is 0 Å². The van der Waals surface area contributed by atoms with E-state index in [9.17, 15) is 0 Å². The van der Waals surface area contributed by atoms with Crippen molar-refractivity contribution in [2.75, 3.05) is 12.8 Å². The molecular formula is C8H16N2O. The largest absolute Gasteiger partial charge is 0.480 e. The van der Waals surface area contributed by atoms with E-state index in [-0.39, 0.29) is 1.43 Å². The molecule has 0 saturated heterocycles. The number of nitrogens with zero attached hydrogens (tertiary/aromatic N) is 1. The first kappa shape index (κ1) is 9.75. The summed E-state index contributed by atoms with van der Waals surface area (Å²) in [4.78, 5) is 3.85. The molecule has 0 aliphatic carbocycles. The molecule has 0 saturated carbocycles. The number of aromatic nitrogens is 1. The van der Waals surface area contributed by atoms with Crippen LogP contribution in [0.5, 0.6) is 5.88 Å². The minimum atomic E-state index is 0. The van der Waals surface area contributed by atoms with E-state index in [2.05, 4.69) is 4.98 Å². The molecule has 0 unspecified atom stereocenters. The Bertz CT molecular complexity index is 206. The van der Waals surface area contributed by atoms with Crippen molar-refractivity contribution in [2.45, 2.75) is 13.8 Å². The van der Waals surface area contributed by atoms with Gasteiger partial charge in [-0.05, 0) is 12.1 Å². The maximum atomic E-state index is 5.44. The molecule has 0 bridgehead atoms. The first-order valence-electron chi connectivity index (χ1n) is 3.59. The molecule has 3 heteroatoms. The second-order valence-electron chi connectivity index (χ2n) is 1.60. The maximum Gasteiger partial charge on any atom is 0.236 e. The van der Waals surface area contributed by atoms with Gasteiger partial charge < -0.3 is 10.5 Å². The lowest BCUT2D eigenvalue weighted by atomic mass is 10.4. The predicted molar refractivity (Wildman–Crippen MR) is 48.7 cm³/mol. The van der Waals surface area contributed by atoms with Crippen LogP contribution in [-0.4, -0.2) is 12.1 Å². The van der Waals surface area contributed by atoms with Crippen LogP contribution in [0.25, 0.3) is 0 Å². The minimum absolute atomic E-state index is 0. The van der Waals surface area contributed by atoms with E-state index in [1.165, 1.54) is 0 Å². The van der Waals surface area contributed by atoms with E-state index in [0.717, 1.165) is 0 Å². The third kappa shape index (κ3) is 2.89. The Balaban J connectivity index is 0. The van der Waals surface area contributed by atoms with Crippen LogP contribution in [0.1, 0.15) is 15.3 Å². The van der Waals surface area contributed by atoms with Crippen molar-refractivity contribution in [3.8, 4) is 5.88 Å². The summed E-state index contributed by atoms with van der Waals surface area (Å²) < 4.78 is 4.81.